The second kappa shape index (κ2) is 7.57. The Morgan fingerprint density at radius 1 is 1.25 bits per heavy atom. The molecule has 1 amide bonds. The van der Waals surface area contributed by atoms with Crippen molar-refractivity contribution in [3.63, 3.8) is 0 Å². The molecule has 20 heavy (non-hydrogen) atoms. The Morgan fingerprint density at radius 3 is 2.15 bits per heavy atom. The van der Waals surface area contributed by atoms with Gasteiger partial charge in [0.25, 0.3) is 0 Å². The van der Waals surface area contributed by atoms with Gasteiger partial charge in [-0.2, -0.15) is 0 Å². The fourth-order valence-corrected chi connectivity index (χ4v) is 2.65. The van der Waals surface area contributed by atoms with Crippen molar-refractivity contribution in [1.29, 1.82) is 0 Å². The number of rotatable bonds is 7. The van der Waals surface area contributed by atoms with E-state index >= 15 is 0 Å². The summed E-state index contributed by atoms with van der Waals surface area (Å²) < 4.78 is 6.16. The second-order valence-corrected chi connectivity index (χ2v) is 12.0. The monoisotopic (exact) mass is 303 g/mol. The molecule has 0 saturated heterocycles. The van der Waals surface area contributed by atoms with Crippen LogP contribution in [0.4, 0.5) is 0 Å². The van der Waals surface area contributed by atoms with Crippen molar-refractivity contribution in [3.8, 4) is 0 Å². The fourth-order valence-electron chi connectivity index (χ4n) is 1.59. The van der Waals surface area contributed by atoms with Crippen LogP contribution in [0, 0.1) is 11.8 Å². The Hall–Kier alpha value is -0.393. The molecular weight excluding hydrogens is 270 g/mol. The van der Waals surface area contributed by atoms with Crippen LogP contribution < -0.4 is 0 Å². The van der Waals surface area contributed by atoms with E-state index in [2.05, 4.69) is 40.8 Å². The van der Waals surface area contributed by atoms with Crippen molar-refractivity contribution in [2.45, 2.75) is 59.2 Å². The third-order valence-electron chi connectivity index (χ3n) is 4.67. The summed E-state index contributed by atoms with van der Waals surface area (Å²) in [6.45, 7) is 16.0. The van der Waals surface area contributed by atoms with Gasteiger partial charge in [-0.1, -0.05) is 34.6 Å². The van der Waals surface area contributed by atoms with Gasteiger partial charge in [0.15, 0.2) is 8.32 Å². The molecule has 0 aliphatic rings. The van der Waals surface area contributed by atoms with Gasteiger partial charge in [0.1, 0.15) is 0 Å². The Kier molecular flexibility index (Phi) is 7.42. The maximum absolute atomic E-state index is 12.0. The van der Waals surface area contributed by atoms with E-state index in [1.54, 1.807) is 7.05 Å². The van der Waals surface area contributed by atoms with E-state index in [4.69, 9.17) is 9.26 Å². The molecule has 4 nitrogen and oxygen atoms in total. The highest BCUT2D eigenvalue weighted by atomic mass is 28.4. The summed E-state index contributed by atoms with van der Waals surface area (Å²) in [6.07, 6.45) is 0.900. The summed E-state index contributed by atoms with van der Waals surface area (Å²) >= 11 is 0. The first-order chi connectivity index (χ1) is 8.94. The Morgan fingerprint density at radius 2 is 1.75 bits per heavy atom. The molecular formula is C15H33NO3Si. The highest BCUT2D eigenvalue weighted by molar-refractivity contribution is 6.74. The molecule has 0 unspecified atom stereocenters. The van der Waals surface area contributed by atoms with Gasteiger partial charge in [-0.3, -0.25) is 9.63 Å². The lowest BCUT2D eigenvalue weighted by molar-refractivity contribution is -0.174. The minimum atomic E-state index is -1.68. The molecule has 0 aromatic rings. The zero-order valence-electron chi connectivity index (χ0n) is 14.7. The van der Waals surface area contributed by atoms with Crippen LogP contribution in [0.2, 0.25) is 18.1 Å². The van der Waals surface area contributed by atoms with Gasteiger partial charge in [-0.15, -0.1) is 0 Å². The molecule has 120 valence electrons. The fraction of sp³-hybridized carbons (Fsp3) is 0.933. The molecule has 0 spiro atoms. The molecule has 2 atom stereocenters. The summed E-state index contributed by atoms with van der Waals surface area (Å²) in [5.41, 5.74) is 0. The Labute approximate surface area is 125 Å². The molecule has 0 fully saturated rings. The van der Waals surface area contributed by atoms with Crippen LogP contribution in [0.3, 0.4) is 0 Å². The van der Waals surface area contributed by atoms with E-state index in [1.807, 2.05) is 6.92 Å². The summed E-state index contributed by atoms with van der Waals surface area (Å²) in [5.74, 6) is 0.250. The van der Waals surface area contributed by atoms with Crippen LogP contribution in [0.1, 0.15) is 41.0 Å². The molecule has 0 heterocycles. The standard InChI is InChI=1S/C15H33NO3Si/c1-12(13(2)14(17)16(6)18-7)10-11-19-20(8,9)15(3,4)5/h12-13H,10-11H2,1-9H3/t12-,13+/m0/s1. The molecule has 0 bridgehead atoms. The minimum Gasteiger partial charge on any atom is -0.417 e. The van der Waals surface area contributed by atoms with Gasteiger partial charge in [0.2, 0.25) is 5.91 Å². The lowest BCUT2D eigenvalue weighted by Gasteiger charge is -2.36. The Bertz CT molecular complexity index is 313. The molecule has 0 saturated carbocycles. The van der Waals surface area contributed by atoms with Crippen LogP contribution in [0.15, 0.2) is 0 Å². The largest absolute Gasteiger partial charge is 0.417 e. The zero-order valence-corrected chi connectivity index (χ0v) is 15.7. The number of amides is 1. The minimum absolute atomic E-state index is 0.0207. The smallest absolute Gasteiger partial charge is 0.248 e. The van der Waals surface area contributed by atoms with Crippen LogP contribution in [0.5, 0.6) is 0 Å². The van der Waals surface area contributed by atoms with E-state index < -0.39 is 8.32 Å². The second-order valence-electron chi connectivity index (χ2n) is 7.18. The summed E-state index contributed by atoms with van der Waals surface area (Å²) in [6, 6.07) is 0. The van der Waals surface area contributed by atoms with Gasteiger partial charge < -0.3 is 4.43 Å². The first-order valence-electron chi connectivity index (χ1n) is 7.39. The average molecular weight is 304 g/mol. The van der Waals surface area contributed by atoms with Gasteiger partial charge in [-0.25, -0.2) is 5.06 Å². The van der Waals surface area contributed by atoms with E-state index in [9.17, 15) is 4.79 Å². The maximum Gasteiger partial charge on any atom is 0.248 e. The lowest BCUT2D eigenvalue weighted by Crippen LogP contribution is -2.41. The summed E-state index contributed by atoms with van der Waals surface area (Å²) in [5, 5.41) is 1.53. The maximum atomic E-state index is 12.0. The van der Waals surface area contributed by atoms with Gasteiger partial charge in [-0.05, 0) is 30.5 Å². The molecule has 0 radical (unpaired) electrons. The highest BCUT2D eigenvalue weighted by Gasteiger charge is 2.37. The van der Waals surface area contributed by atoms with Crippen molar-refractivity contribution in [2.75, 3.05) is 20.8 Å². The first kappa shape index (κ1) is 19.6. The predicted octanol–water partition coefficient (Wildman–Crippen LogP) is 3.69. The van der Waals surface area contributed by atoms with E-state index in [1.165, 1.54) is 12.2 Å². The number of nitrogens with zero attached hydrogens (tertiary/aromatic N) is 1. The van der Waals surface area contributed by atoms with Crippen molar-refractivity contribution in [1.82, 2.24) is 5.06 Å². The predicted molar refractivity (Wildman–Crippen MR) is 85.9 cm³/mol. The van der Waals surface area contributed by atoms with Gasteiger partial charge in [0, 0.05) is 19.6 Å². The quantitative estimate of drug-likeness (QED) is 0.532. The SMILES string of the molecule is CON(C)C(=O)[C@H](C)[C@@H](C)CCO[Si](C)(C)C(C)(C)C. The van der Waals surface area contributed by atoms with E-state index in [0.717, 1.165) is 13.0 Å². The normalized spacial score (nSPS) is 15.8. The molecule has 0 N–H and O–H groups in total. The zero-order chi connectivity index (χ0) is 16.1. The molecule has 0 aliphatic carbocycles. The number of carbonyl (C=O) groups is 1. The average Bonchev–Trinajstić information content (AvgIpc) is 2.34. The topological polar surface area (TPSA) is 38.8 Å². The van der Waals surface area contributed by atoms with Gasteiger partial charge in [0.05, 0.1) is 7.11 Å². The molecule has 0 aliphatic heterocycles. The van der Waals surface area contributed by atoms with E-state index in [0.29, 0.717) is 0 Å². The van der Waals surface area contributed by atoms with Crippen LogP contribution in [-0.2, 0) is 14.1 Å². The number of hydrogen-bond acceptors (Lipinski definition) is 3. The van der Waals surface area contributed by atoms with Gasteiger partial charge >= 0.3 is 0 Å². The summed E-state index contributed by atoms with van der Waals surface area (Å²) in [4.78, 5) is 16.9. The van der Waals surface area contributed by atoms with Crippen molar-refractivity contribution >= 4 is 14.2 Å². The van der Waals surface area contributed by atoms with Crippen molar-refractivity contribution in [2.24, 2.45) is 11.8 Å². The molecule has 0 aromatic carbocycles. The van der Waals surface area contributed by atoms with Crippen LogP contribution >= 0.6 is 0 Å². The van der Waals surface area contributed by atoms with Crippen molar-refractivity contribution < 1.29 is 14.1 Å². The third kappa shape index (κ3) is 5.54. The highest BCUT2D eigenvalue weighted by Crippen LogP contribution is 2.36. The molecule has 5 heteroatoms. The number of carbonyl (C=O) groups excluding carboxylic acids is 1. The van der Waals surface area contributed by atoms with Crippen molar-refractivity contribution in [3.05, 3.63) is 0 Å². The Balaban J connectivity index is 4.30. The molecule has 0 rings (SSSR count). The summed E-state index contributed by atoms with van der Waals surface area (Å²) in [7, 11) is 1.48. The van der Waals surface area contributed by atoms with Crippen LogP contribution in [0.25, 0.3) is 0 Å². The number of hydrogen-bond donors (Lipinski definition) is 0. The van der Waals surface area contributed by atoms with E-state index in [-0.39, 0.29) is 22.8 Å². The lowest BCUT2D eigenvalue weighted by atomic mass is 9.92. The third-order valence-corrected chi connectivity index (χ3v) is 9.21. The van der Waals surface area contributed by atoms with Crippen LogP contribution in [-0.4, -0.2) is 40.1 Å². The first-order valence-corrected chi connectivity index (χ1v) is 10.3. The molecule has 0 aromatic heterocycles. The number of hydroxylamine groups is 2.